The molecule has 2 N–H and O–H groups in total. The summed E-state index contributed by atoms with van der Waals surface area (Å²) in [6, 6.07) is 0. The van der Waals surface area contributed by atoms with Gasteiger partial charge in [0.25, 0.3) is 0 Å². The summed E-state index contributed by atoms with van der Waals surface area (Å²) in [7, 11) is 0. The van der Waals surface area contributed by atoms with Crippen molar-refractivity contribution in [3.05, 3.63) is 0 Å². The summed E-state index contributed by atoms with van der Waals surface area (Å²) in [6.07, 6.45) is 0.822. The molecule has 0 amide bonds. The normalized spacial score (nSPS) is 11.4. The summed E-state index contributed by atoms with van der Waals surface area (Å²) in [4.78, 5) is 4.87. The molecule has 0 heterocycles. The highest BCUT2D eigenvalue weighted by Crippen LogP contribution is 1.85. The molecule has 0 radical (unpaired) electrons. The van der Waals surface area contributed by atoms with Gasteiger partial charge in [-0.2, -0.15) is 0 Å². The minimum absolute atomic E-state index is 0.556. The third-order valence-electron chi connectivity index (χ3n) is 0.986. The molecule has 0 atom stereocenters. The molecule has 0 aliphatic carbocycles. The SMILES string of the molecule is CCO/C(C)=N/OCCCN. The first-order chi connectivity index (χ1) is 5.31. The second-order valence-corrected chi connectivity index (χ2v) is 2.02. The molecule has 0 aliphatic heterocycles. The summed E-state index contributed by atoms with van der Waals surface area (Å²) >= 11 is 0. The second kappa shape index (κ2) is 7.34. The third-order valence-corrected chi connectivity index (χ3v) is 0.986. The first-order valence-electron chi connectivity index (χ1n) is 3.80. The topological polar surface area (TPSA) is 56.8 Å². The fourth-order valence-electron chi connectivity index (χ4n) is 0.520. The summed E-state index contributed by atoms with van der Waals surface area (Å²) in [6.45, 7) is 5.46. The van der Waals surface area contributed by atoms with Gasteiger partial charge in [-0.05, 0) is 19.9 Å². The quantitative estimate of drug-likeness (QED) is 0.279. The Morgan fingerprint density at radius 2 is 2.27 bits per heavy atom. The Labute approximate surface area is 67.3 Å². The summed E-state index contributed by atoms with van der Waals surface area (Å²) in [5.41, 5.74) is 5.24. The van der Waals surface area contributed by atoms with Crippen LogP contribution in [0.4, 0.5) is 0 Å². The lowest BCUT2D eigenvalue weighted by Crippen LogP contribution is -2.04. The Balaban J connectivity index is 3.24. The van der Waals surface area contributed by atoms with Crippen molar-refractivity contribution in [1.29, 1.82) is 0 Å². The van der Waals surface area contributed by atoms with E-state index in [9.17, 15) is 0 Å². The average Bonchev–Trinajstić information content (AvgIpc) is 1.99. The van der Waals surface area contributed by atoms with E-state index in [2.05, 4.69) is 5.16 Å². The maximum atomic E-state index is 5.24. The van der Waals surface area contributed by atoms with Crippen LogP contribution in [0.5, 0.6) is 0 Å². The molecule has 11 heavy (non-hydrogen) atoms. The van der Waals surface area contributed by atoms with Gasteiger partial charge in [0.15, 0.2) is 0 Å². The first kappa shape index (κ1) is 10.2. The zero-order valence-electron chi connectivity index (χ0n) is 7.17. The molecular formula is C7H16N2O2. The Morgan fingerprint density at radius 3 is 2.82 bits per heavy atom. The average molecular weight is 160 g/mol. The molecule has 0 fully saturated rings. The van der Waals surface area contributed by atoms with E-state index in [0.29, 0.717) is 25.7 Å². The number of rotatable bonds is 5. The molecule has 0 aromatic rings. The van der Waals surface area contributed by atoms with Gasteiger partial charge in [-0.25, -0.2) is 0 Å². The zero-order chi connectivity index (χ0) is 8.53. The van der Waals surface area contributed by atoms with E-state index in [4.69, 9.17) is 15.3 Å². The van der Waals surface area contributed by atoms with Gasteiger partial charge in [0.1, 0.15) is 6.61 Å². The number of oxime groups is 1. The maximum absolute atomic E-state index is 5.24. The van der Waals surface area contributed by atoms with Gasteiger partial charge in [-0.15, -0.1) is 0 Å². The summed E-state index contributed by atoms with van der Waals surface area (Å²) in [5.74, 6) is 0.560. The number of hydrogen-bond acceptors (Lipinski definition) is 4. The smallest absolute Gasteiger partial charge is 0.222 e. The van der Waals surface area contributed by atoms with Crippen LogP contribution in [0.3, 0.4) is 0 Å². The monoisotopic (exact) mass is 160 g/mol. The predicted molar refractivity (Wildman–Crippen MR) is 44.4 cm³/mol. The molecule has 0 rings (SSSR count). The minimum Gasteiger partial charge on any atom is -0.479 e. The summed E-state index contributed by atoms with van der Waals surface area (Å²) in [5, 5.41) is 3.69. The van der Waals surface area contributed by atoms with Gasteiger partial charge in [0.05, 0.1) is 6.61 Å². The van der Waals surface area contributed by atoms with Gasteiger partial charge in [0.2, 0.25) is 5.90 Å². The van der Waals surface area contributed by atoms with E-state index in [1.54, 1.807) is 6.92 Å². The van der Waals surface area contributed by atoms with Crippen LogP contribution in [0.1, 0.15) is 20.3 Å². The molecular weight excluding hydrogens is 144 g/mol. The number of ether oxygens (including phenoxy) is 1. The molecule has 0 spiro atoms. The lowest BCUT2D eigenvalue weighted by Gasteiger charge is -2.01. The molecule has 0 saturated heterocycles. The highest BCUT2D eigenvalue weighted by molar-refractivity contribution is 5.72. The molecule has 0 unspecified atom stereocenters. The third kappa shape index (κ3) is 7.12. The molecule has 0 aliphatic rings. The Kier molecular flexibility index (Phi) is 6.82. The molecule has 4 nitrogen and oxygen atoms in total. The van der Waals surface area contributed by atoms with Crippen LogP contribution in [-0.2, 0) is 9.57 Å². The van der Waals surface area contributed by atoms with Crippen molar-refractivity contribution in [2.24, 2.45) is 10.9 Å². The molecule has 0 aromatic heterocycles. The lowest BCUT2D eigenvalue weighted by molar-refractivity contribution is 0.131. The van der Waals surface area contributed by atoms with Gasteiger partial charge >= 0.3 is 0 Å². The maximum Gasteiger partial charge on any atom is 0.222 e. The van der Waals surface area contributed by atoms with Crippen LogP contribution in [0, 0.1) is 0 Å². The largest absolute Gasteiger partial charge is 0.479 e. The van der Waals surface area contributed by atoms with Crippen molar-refractivity contribution in [3.63, 3.8) is 0 Å². The van der Waals surface area contributed by atoms with Crippen molar-refractivity contribution in [2.75, 3.05) is 19.8 Å². The van der Waals surface area contributed by atoms with Gasteiger partial charge in [-0.1, -0.05) is 5.16 Å². The van der Waals surface area contributed by atoms with E-state index in [1.165, 1.54) is 0 Å². The Hall–Kier alpha value is -0.770. The standard InChI is InChI=1S/C7H16N2O2/c1-3-10-7(2)9-11-6-4-5-8/h3-6,8H2,1-2H3/b9-7+. The van der Waals surface area contributed by atoms with Crippen molar-refractivity contribution >= 4 is 5.90 Å². The number of hydrogen-bond donors (Lipinski definition) is 1. The van der Waals surface area contributed by atoms with Crippen LogP contribution in [0.15, 0.2) is 5.16 Å². The van der Waals surface area contributed by atoms with Crippen LogP contribution in [0.2, 0.25) is 0 Å². The van der Waals surface area contributed by atoms with Gasteiger partial charge in [-0.3, -0.25) is 0 Å². The van der Waals surface area contributed by atoms with E-state index in [1.807, 2.05) is 6.92 Å². The Morgan fingerprint density at radius 1 is 1.55 bits per heavy atom. The lowest BCUT2D eigenvalue weighted by atomic mass is 10.5. The van der Waals surface area contributed by atoms with E-state index in [-0.39, 0.29) is 0 Å². The fourth-order valence-corrected chi connectivity index (χ4v) is 0.520. The van der Waals surface area contributed by atoms with Crippen molar-refractivity contribution in [2.45, 2.75) is 20.3 Å². The highest BCUT2D eigenvalue weighted by Gasteiger charge is 1.88. The van der Waals surface area contributed by atoms with E-state index >= 15 is 0 Å². The fraction of sp³-hybridized carbons (Fsp3) is 0.857. The second-order valence-electron chi connectivity index (χ2n) is 2.02. The van der Waals surface area contributed by atoms with E-state index < -0.39 is 0 Å². The van der Waals surface area contributed by atoms with Crippen molar-refractivity contribution in [1.82, 2.24) is 0 Å². The minimum atomic E-state index is 0.556. The molecule has 66 valence electrons. The summed E-state index contributed by atoms with van der Waals surface area (Å²) < 4.78 is 5.02. The van der Waals surface area contributed by atoms with Crippen LogP contribution in [0.25, 0.3) is 0 Å². The van der Waals surface area contributed by atoms with E-state index in [0.717, 1.165) is 6.42 Å². The zero-order valence-corrected chi connectivity index (χ0v) is 7.17. The molecule has 0 aromatic carbocycles. The number of nitrogens with zero attached hydrogens (tertiary/aromatic N) is 1. The van der Waals surface area contributed by atoms with Gasteiger partial charge in [0, 0.05) is 6.92 Å². The van der Waals surface area contributed by atoms with Gasteiger partial charge < -0.3 is 15.3 Å². The Bertz CT molecular complexity index is 115. The number of nitrogens with two attached hydrogens (primary N) is 1. The van der Waals surface area contributed by atoms with Crippen LogP contribution >= 0.6 is 0 Å². The predicted octanol–water partition coefficient (Wildman–Crippen LogP) is 0.722. The van der Waals surface area contributed by atoms with Crippen molar-refractivity contribution in [3.8, 4) is 0 Å². The van der Waals surface area contributed by atoms with Crippen LogP contribution < -0.4 is 5.73 Å². The molecule has 0 saturated carbocycles. The molecule has 4 heteroatoms. The molecule has 0 bridgehead atoms. The first-order valence-corrected chi connectivity index (χ1v) is 3.80. The van der Waals surface area contributed by atoms with Crippen molar-refractivity contribution < 1.29 is 9.57 Å². The van der Waals surface area contributed by atoms with Crippen LogP contribution in [-0.4, -0.2) is 25.7 Å². The highest BCUT2D eigenvalue weighted by atomic mass is 16.6.